The van der Waals surface area contributed by atoms with Gasteiger partial charge >= 0.3 is 5.97 Å². The van der Waals surface area contributed by atoms with Crippen molar-refractivity contribution in [3.05, 3.63) is 71.3 Å². The molecule has 2 aromatic rings. The monoisotopic (exact) mass is 335 g/mol. The average molecular weight is 335 g/mol. The van der Waals surface area contributed by atoms with Crippen LogP contribution in [0, 0.1) is 5.92 Å². The summed E-state index contributed by atoms with van der Waals surface area (Å²) >= 11 is 0. The SMILES string of the molecule is O=C(CC1CC(c2ccccc2)C1)ON1C(=O)c2ccccc2C1=O. The minimum Gasteiger partial charge on any atom is -0.330 e. The van der Waals surface area contributed by atoms with Gasteiger partial charge in [0.2, 0.25) is 0 Å². The number of nitrogens with zero attached hydrogens (tertiary/aromatic N) is 1. The van der Waals surface area contributed by atoms with Crippen LogP contribution < -0.4 is 0 Å². The zero-order valence-corrected chi connectivity index (χ0v) is 13.6. The molecular weight excluding hydrogens is 318 g/mol. The molecule has 0 radical (unpaired) electrons. The van der Waals surface area contributed by atoms with Gasteiger partial charge in [-0.15, -0.1) is 0 Å². The molecule has 0 atom stereocenters. The summed E-state index contributed by atoms with van der Waals surface area (Å²) < 4.78 is 0. The van der Waals surface area contributed by atoms with Crippen LogP contribution in [0.2, 0.25) is 0 Å². The standard InChI is InChI=1S/C20H17NO4/c22-18(12-13-10-15(11-13)14-6-2-1-3-7-14)25-21-19(23)16-8-4-5-9-17(16)20(21)24/h1-9,13,15H,10-12H2. The first-order valence-electron chi connectivity index (χ1n) is 8.37. The topological polar surface area (TPSA) is 63.7 Å². The highest BCUT2D eigenvalue weighted by Crippen LogP contribution is 2.43. The van der Waals surface area contributed by atoms with Crippen LogP contribution in [0.15, 0.2) is 54.6 Å². The number of amides is 2. The maximum Gasteiger partial charge on any atom is 0.333 e. The van der Waals surface area contributed by atoms with E-state index in [1.165, 1.54) is 5.56 Å². The molecule has 5 heteroatoms. The maximum atomic E-state index is 12.2. The quantitative estimate of drug-likeness (QED) is 0.804. The number of hydrogen-bond donors (Lipinski definition) is 0. The number of hydrogen-bond acceptors (Lipinski definition) is 4. The number of fused-ring (bicyclic) bond motifs is 1. The lowest BCUT2D eigenvalue weighted by atomic mass is 9.70. The fraction of sp³-hybridized carbons (Fsp3) is 0.250. The van der Waals surface area contributed by atoms with Gasteiger partial charge in [-0.1, -0.05) is 47.5 Å². The van der Waals surface area contributed by atoms with Crippen molar-refractivity contribution < 1.29 is 19.2 Å². The summed E-state index contributed by atoms with van der Waals surface area (Å²) in [5.41, 5.74) is 1.83. The number of rotatable bonds is 4. The zero-order chi connectivity index (χ0) is 17.4. The molecule has 1 aliphatic heterocycles. The van der Waals surface area contributed by atoms with Crippen molar-refractivity contribution in [1.29, 1.82) is 0 Å². The van der Waals surface area contributed by atoms with Gasteiger partial charge in [-0.2, -0.15) is 0 Å². The van der Waals surface area contributed by atoms with Gasteiger partial charge in [0, 0.05) is 0 Å². The van der Waals surface area contributed by atoms with Crippen LogP contribution in [0.25, 0.3) is 0 Å². The van der Waals surface area contributed by atoms with Gasteiger partial charge in [0.25, 0.3) is 11.8 Å². The van der Waals surface area contributed by atoms with Crippen LogP contribution in [-0.2, 0) is 9.63 Å². The van der Waals surface area contributed by atoms with Crippen molar-refractivity contribution in [2.45, 2.75) is 25.2 Å². The number of imide groups is 1. The summed E-state index contributed by atoms with van der Waals surface area (Å²) in [7, 11) is 0. The third kappa shape index (κ3) is 2.82. The Hall–Kier alpha value is -2.95. The van der Waals surface area contributed by atoms with Gasteiger partial charge in [-0.05, 0) is 42.4 Å². The zero-order valence-electron chi connectivity index (χ0n) is 13.6. The van der Waals surface area contributed by atoms with Crippen molar-refractivity contribution in [2.75, 3.05) is 0 Å². The van der Waals surface area contributed by atoms with Gasteiger partial charge < -0.3 is 4.84 Å². The van der Waals surface area contributed by atoms with E-state index in [4.69, 9.17) is 4.84 Å². The van der Waals surface area contributed by atoms with Gasteiger partial charge in [0.1, 0.15) is 0 Å². The van der Waals surface area contributed by atoms with Crippen LogP contribution in [0.5, 0.6) is 0 Å². The molecular formula is C20H17NO4. The van der Waals surface area contributed by atoms with E-state index >= 15 is 0 Å². The summed E-state index contributed by atoms with van der Waals surface area (Å²) in [5, 5.41) is 0.584. The van der Waals surface area contributed by atoms with Crippen molar-refractivity contribution in [1.82, 2.24) is 5.06 Å². The molecule has 1 saturated carbocycles. The Balaban J connectivity index is 1.32. The van der Waals surface area contributed by atoms with Crippen LogP contribution in [-0.4, -0.2) is 22.8 Å². The van der Waals surface area contributed by atoms with Gasteiger partial charge in [-0.3, -0.25) is 9.59 Å². The molecule has 1 aliphatic carbocycles. The highest BCUT2D eigenvalue weighted by Gasteiger charge is 2.39. The number of hydroxylamine groups is 2. The van der Waals surface area contributed by atoms with E-state index in [2.05, 4.69) is 12.1 Å². The molecule has 2 aliphatic rings. The molecule has 0 bridgehead atoms. The fourth-order valence-corrected chi connectivity index (χ4v) is 3.52. The van der Waals surface area contributed by atoms with Crippen molar-refractivity contribution in [3.8, 4) is 0 Å². The van der Waals surface area contributed by atoms with Gasteiger partial charge in [0.15, 0.2) is 0 Å². The van der Waals surface area contributed by atoms with E-state index < -0.39 is 17.8 Å². The Morgan fingerprint density at radius 1 is 0.920 bits per heavy atom. The third-order valence-corrected chi connectivity index (χ3v) is 4.91. The molecule has 0 N–H and O–H groups in total. The third-order valence-electron chi connectivity index (χ3n) is 4.91. The lowest BCUT2D eigenvalue weighted by Gasteiger charge is -2.35. The summed E-state index contributed by atoms with van der Waals surface area (Å²) in [5.74, 6) is -0.994. The first-order chi connectivity index (χ1) is 12.1. The van der Waals surface area contributed by atoms with Crippen LogP contribution in [0.1, 0.15) is 51.5 Å². The van der Waals surface area contributed by atoms with Gasteiger partial charge in [0.05, 0.1) is 17.5 Å². The van der Waals surface area contributed by atoms with Crippen molar-refractivity contribution >= 4 is 17.8 Å². The van der Waals surface area contributed by atoms with E-state index in [1.807, 2.05) is 18.2 Å². The number of carbonyl (C=O) groups excluding carboxylic acids is 3. The highest BCUT2D eigenvalue weighted by atomic mass is 16.7. The predicted octanol–water partition coefficient (Wildman–Crippen LogP) is 3.32. The summed E-state index contributed by atoms with van der Waals surface area (Å²) in [6.45, 7) is 0. The molecule has 0 unspecified atom stereocenters. The van der Waals surface area contributed by atoms with Crippen LogP contribution >= 0.6 is 0 Å². The van der Waals surface area contributed by atoms with Crippen molar-refractivity contribution in [3.63, 3.8) is 0 Å². The van der Waals surface area contributed by atoms with Gasteiger partial charge in [-0.25, -0.2) is 4.79 Å². The lowest BCUT2D eigenvalue weighted by Crippen LogP contribution is -2.34. The molecule has 2 aromatic carbocycles. The lowest BCUT2D eigenvalue weighted by molar-refractivity contribution is -0.170. The second-order valence-corrected chi connectivity index (χ2v) is 6.56. The molecule has 2 amide bonds. The Bertz CT molecular complexity index is 805. The first kappa shape index (κ1) is 15.6. The maximum absolute atomic E-state index is 12.2. The molecule has 126 valence electrons. The molecule has 0 spiro atoms. The van der Waals surface area contributed by atoms with E-state index in [-0.39, 0.29) is 23.5 Å². The molecule has 1 heterocycles. The first-order valence-corrected chi connectivity index (χ1v) is 8.37. The second-order valence-electron chi connectivity index (χ2n) is 6.56. The molecule has 5 nitrogen and oxygen atoms in total. The molecule has 0 aromatic heterocycles. The van der Waals surface area contributed by atoms with Crippen LogP contribution in [0.3, 0.4) is 0 Å². The Kier molecular flexibility index (Phi) is 3.84. The molecule has 25 heavy (non-hydrogen) atoms. The van der Waals surface area contributed by atoms with E-state index in [1.54, 1.807) is 24.3 Å². The van der Waals surface area contributed by atoms with E-state index in [0.717, 1.165) is 12.8 Å². The van der Waals surface area contributed by atoms with Crippen molar-refractivity contribution in [2.24, 2.45) is 5.92 Å². The summed E-state index contributed by atoms with van der Waals surface area (Å²) in [6, 6.07) is 16.7. The minimum absolute atomic E-state index is 0.219. The number of benzene rings is 2. The van der Waals surface area contributed by atoms with Crippen LogP contribution in [0.4, 0.5) is 0 Å². The fourth-order valence-electron chi connectivity index (χ4n) is 3.52. The minimum atomic E-state index is -0.579. The smallest absolute Gasteiger partial charge is 0.330 e. The average Bonchev–Trinajstić information content (AvgIpc) is 2.84. The predicted molar refractivity (Wildman–Crippen MR) is 89.6 cm³/mol. The molecule has 0 saturated heterocycles. The summed E-state index contributed by atoms with van der Waals surface area (Å²) in [4.78, 5) is 41.5. The van der Waals surface area contributed by atoms with E-state index in [0.29, 0.717) is 11.0 Å². The number of carbonyl (C=O) groups is 3. The Morgan fingerprint density at radius 2 is 1.48 bits per heavy atom. The normalized spacial score (nSPS) is 21.7. The van der Waals surface area contributed by atoms with E-state index in [9.17, 15) is 14.4 Å². The Morgan fingerprint density at radius 3 is 2.08 bits per heavy atom. The molecule has 1 fully saturated rings. The highest BCUT2D eigenvalue weighted by molar-refractivity contribution is 6.20. The summed E-state index contributed by atoms with van der Waals surface area (Å²) in [6.07, 6.45) is 2.05. The Labute approximate surface area is 145 Å². The second kappa shape index (κ2) is 6.16. The largest absolute Gasteiger partial charge is 0.333 e. The molecule has 4 rings (SSSR count).